The summed E-state index contributed by atoms with van der Waals surface area (Å²) in [6, 6.07) is 25.4. The summed E-state index contributed by atoms with van der Waals surface area (Å²) in [5.41, 5.74) is 4.60. The van der Waals surface area contributed by atoms with Gasteiger partial charge in [0.25, 0.3) is 0 Å². The Kier molecular flexibility index (Phi) is 5.17. The van der Waals surface area contributed by atoms with Gasteiger partial charge in [0.2, 0.25) is 0 Å². The smallest absolute Gasteiger partial charge is 0.118 e. The number of nitriles is 1. The van der Waals surface area contributed by atoms with E-state index in [4.69, 9.17) is 9.84 Å². The SMILES string of the molecule is COc1ccc(-c2nn(-c3ccccc3)cc2/C=C(/C#N)c2ccccn2)cc1. The highest BCUT2D eigenvalue weighted by molar-refractivity contribution is 5.91. The van der Waals surface area contributed by atoms with Crippen molar-refractivity contribution < 1.29 is 4.74 Å². The highest BCUT2D eigenvalue weighted by Crippen LogP contribution is 2.28. The Labute approximate surface area is 169 Å². The van der Waals surface area contributed by atoms with Gasteiger partial charge in [-0.15, -0.1) is 0 Å². The number of hydrogen-bond donors (Lipinski definition) is 0. The highest BCUT2D eigenvalue weighted by Gasteiger charge is 2.13. The summed E-state index contributed by atoms with van der Waals surface area (Å²) in [7, 11) is 1.64. The molecule has 0 amide bonds. The van der Waals surface area contributed by atoms with Crippen LogP contribution in [0.5, 0.6) is 5.75 Å². The van der Waals surface area contributed by atoms with Gasteiger partial charge >= 0.3 is 0 Å². The van der Waals surface area contributed by atoms with Crippen LogP contribution in [0, 0.1) is 11.3 Å². The molecular formula is C24H18N4O. The third-order valence-electron chi connectivity index (χ3n) is 4.49. The molecule has 0 fully saturated rings. The second kappa shape index (κ2) is 8.24. The quantitative estimate of drug-likeness (QED) is 0.458. The van der Waals surface area contributed by atoms with Crippen LogP contribution in [0.2, 0.25) is 0 Å². The fourth-order valence-corrected chi connectivity index (χ4v) is 3.02. The van der Waals surface area contributed by atoms with E-state index in [1.807, 2.05) is 89.8 Å². The molecule has 4 rings (SSSR count). The van der Waals surface area contributed by atoms with Gasteiger partial charge in [-0.2, -0.15) is 10.4 Å². The fourth-order valence-electron chi connectivity index (χ4n) is 3.02. The molecule has 0 saturated heterocycles. The van der Waals surface area contributed by atoms with Crippen molar-refractivity contribution in [2.45, 2.75) is 0 Å². The van der Waals surface area contributed by atoms with Gasteiger partial charge in [-0.3, -0.25) is 4.98 Å². The zero-order chi connectivity index (χ0) is 20.1. The number of aromatic nitrogens is 3. The maximum Gasteiger partial charge on any atom is 0.118 e. The van der Waals surface area contributed by atoms with Gasteiger partial charge in [0.05, 0.1) is 29.8 Å². The van der Waals surface area contributed by atoms with Crippen LogP contribution in [0.25, 0.3) is 28.6 Å². The molecule has 5 nitrogen and oxygen atoms in total. The molecule has 5 heteroatoms. The summed E-state index contributed by atoms with van der Waals surface area (Å²) in [5.74, 6) is 0.777. The maximum atomic E-state index is 9.69. The van der Waals surface area contributed by atoms with E-state index in [1.165, 1.54) is 0 Å². The van der Waals surface area contributed by atoms with Crippen LogP contribution in [0.4, 0.5) is 0 Å². The van der Waals surface area contributed by atoms with Crippen LogP contribution in [0.1, 0.15) is 11.3 Å². The Morgan fingerprint density at radius 3 is 2.41 bits per heavy atom. The van der Waals surface area contributed by atoms with Crippen LogP contribution in [-0.4, -0.2) is 21.9 Å². The number of allylic oxidation sites excluding steroid dienone is 1. The van der Waals surface area contributed by atoms with Crippen molar-refractivity contribution in [3.63, 3.8) is 0 Å². The molecule has 2 aromatic heterocycles. The van der Waals surface area contributed by atoms with Crippen molar-refractivity contribution in [1.82, 2.24) is 14.8 Å². The molecule has 0 radical (unpaired) electrons. The third-order valence-corrected chi connectivity index (χ3v) is 4.49. The molecule has 0 aliphatic heterocycles. The van der Waals surface area contributed by atoms with Crippen LogP contribution in [-0.2, 0) is 0 Å². The predicted octanol–water partition coefficient (Wildman–Crippen LogP) is 5.01. The first-order chi connectivity index (χ1) is 14.3. The van der Waals surface area contributed by atoms with Crippen LogP contribution < -0.4 is 4.74 Å². The molecule has 0 aliphatic carbocycles. The van der Waals surface area contributed by atoms with Gasteiger partial charge in [0, 0.05) is 23.5 Å². The summed E-state index contributed by atoms with van der Waals surface area (Å²) in [5, 5.41) is 14.5. The van der Waals surface area contributed by atoms with Crippen LogP contribution >= 0.6 is 0 Å². The maximum absolute atomic E-state index is 9.69. The summed E-state index contributed by atoms with van der Waals surface area (Å²) >= 11 is 0. The monoisotopic (exact) mass is 378 g/mol. The molecule has 29 heavy (non-hydrogen) atoms. The predicted molar refractivity (Wildman–Crippen MR) is 113 cm³/mol. The lowest BCUT2D eigenvalue weighted by Crippen LogP contribution is -1.94. The van der Waals surface area contributed by atoms with Crippen molar-refractivity contribution >= 4 is 11.6 Å². The number of nitrogens with zero attached hydrogens (tertiary/aromatic N) is 4. The molecule has 0 atom stereocenters. The Morgan fingerprint density at radius 1 is 1.00 bits per heavy atom. The summed E-state index contributed by atoms with van der Waals surface area (Å²) in [6.45, 7) is 0. The molecule has 140 valence electrons. The molecule has 0 N–H and O–H groups in total. The number of para-hydroxylation sites is 1. The van der Waals surface area contributed by atoms with Gasteiger partial charge in [-0.05, 0) is 54.6 Å². The van der Waals surface area contributed by atoms with E-state index < -0.39 is 0 Å². The number of rotatable bonds is 5. The van der Waals surface area contributed by atoms with Crippen molar-refractivity contribution in [1.29, 1.82) is 5.26 Å². The van der Waals surface area contributed by atoms with E-state index in [0.717, 1.165) is 28.3 Å². The molecular weight excluding hydrogens is 360 g/mol. The first-order valence-electron chi connectivity index (χ1n) is 9.11. The molecule has 0 unspecified atom stereocenters. The summed E-state index contributed by atoms with van der Waals surface area (Å²) in [4.78, 5) is 4.30. The lowest BCUT2D eigenvalue weighted by atomic mass is 10.0. The average molecular weight is 378 g/mol. The number of benzene rings is 2. The van der Waals surface area contributed by atoms with Crippen molar-refractivity contribution in [2.24, 2.45) is 0 Å². The van der Waals surface area contributed by atoms with E-state index in [2.05, 4.69) is 11.1 Å². The molecule has 0 aliphatic rings. The molecule has 2 aromatic carbocycles. The Balaban J connectivity index is 1.86. The summed E-state index contributed by atoms with van der Waals surface area (Å²) in [6.07, 6.45) is 5.43. The molecule has 0 spiro atoms. The second-order valence-corrected chi connectivity index (χ2v) is 6.33. The first-order valence-corrected chi connectivity index (χ1v) is 9.11. The number of ether oxygens (including phenoxy) is 1. The summed E-state index contributed by atoms with van der Waals surface area (Å²) < 4.78 is 7.08. The van der Waals surface area contributed by atoms with Crippen LogP contribution in [0.3, 0.4) is 0 Å². The molecule has 0 saturated carbocycles. The van der Waals surface area contributed by atoms with Gasteiger partial charge in [0.15, 0.2) is 0 Å². The van der Waals surface area contributed by atoms with Gasteiger partial charge in [-0.25, -0.2) is 4.68 Å². The lowest BCUT2D eigenvalue weighted by Gasteiger charge is -2.03. The van der Waals surface area contributed by atoms with E-state index in [0.29, 0.717) is 11.3 Å². The minimum Gasteiger partial charge on any atom is -0.497 e. The van der Waals surface area contributed by atoms with E-state index >= 15 is 0 Å². The highest BCUT2D eigenvalue weighted by atomic mass is 16.5. The molecule has 0 bridgehead atoms. The fraction of sp³-hybridized carbons (Fsp3) is 0.0417. The first kappa shape index (κ1) is 18.2. The van der Waals surface area contributed by atoms with Crippen molar-refractivity contribution in [3.05, 3.63) is 96.4 Å². The molecule has 2 heterocycles. The van der Waals surface area contributed by atoms with Crippen molar-refractivity contribution in [2.75, 3.05) is 7.11 Å². The van der Waals surface area contributed by atoms with E-state index in [-0.39, 0.29) is 0 Å². The Morgan fingerprint density at radius 2 is 1.76 bits per heavy atom. The topological polar surface area (TPSA) is 63.7 Å². The zero-order valence-corrected chi connectivity index (χ0v) is 15.9. The van der Waals surface area contributed by atoms with Crippen molar-refractivity contribution in [3.8, 4) is 28.8 Å². The Hall–Kier alpha value is -4.17. The largest absolute Gasteiger partial charge is 0.497 e. The van der Waals surface area contributed by atoms with E-state index in [1.54, 1.807) is 13.3 Å². The van der Waals surface area contributed by atoms with E-state index in [9.17, 15) is 5.26 Å². The number of hydrogen-bond acceptors (Lipinski definition) is 4. The number of pyridine rings is 1. The van der Waals surface area contributed by atoms with Gasteiger partial charge in [-0.1, -0.05) is 24.3 Å². The minimum atomic E-state index is 0.480. The Bertz CT molecular complexity index is 1170. The zero-order valence-electron chi connectivity index (χ0n) is 15.9. The second-order valence-electron chi connectivity index (χ2n) is 6.33. The van der Waals surface area contributed by atoms with Gasteiger partial charge in [0.1, 0.15) is 11.8 Å². The average Bonchev–Trinajstić information content (AvgIpc) is 3.22. The van der Waals surface area contributed by atoms with Crippen LogP contribution in [0.15, 0.2) is 85.2 Å². The minimum absolute atomic E-state index is 0.480. The number of methoxy groups -OCH3 is 1. The third kappa shape index (κ3) is 3.92. The normalized spacial score (nSPS) is 11.1. The standard InChI is InChI=1S/C24H18N4O/c1-29-22-12-10-18(11-13-22)24-20(15-19(16-25)23-9-5-6-14-26-23)17-28(27-24)21-7-3-2-4-8-21/h2-15,17H,1H3/b19-15-. The lowest BCUT2D eigenvalue weighted by molar-refractivity contribution is 0.415. The van der Waals surface area contributed by atoms with Gasteiger partial charge < -0.3 is 4.74 Å². The molecule has 4 aromatic rings.